The Morgan fingerprint density at radius 3 is 2.80 bits per heavy atom. The molecule has 0 aliphatic heterocycles. The quantitative estimate of drug-likeness (QED) is 0.674. The predicted octanol–water partition coefficient (Wildman–Crippen LogP) is 2.79. The lowest BCUT2D eigenvalue weighted by Gasteiger charge is -2.06. The fourth-order valence-electron chi connectivity index (χ4n) is 2.20. The van der Waals surface area contributed by atoms with E-state index in [1.54, 1.807) is 6.33 Å². The molecule has 2 N–H and O–H groups in total. The summed E-state index contributed by atoms with van der Waals surface area (Å²) >= 11 is 0. The molecule has 0 saturated heterocycles. The first-order valence-corrected chi connectivity index (χ1v) is 6.85. The third-order valence-electron chi connectivity index (χ3n) is 3.25. The van der Waals surface area contributed by atoms with Crippen LogP contribution >= 0.6 is 0 Å². The molecule has 0 amide bonds. The number of unbranched alkanes of at least 4 members (excludes halogenated alkanes) is 1. The minimum absolute atomic E-state index is 0.701. The smallest absolute Gasteiger partial charge is 0.182 e. The Morgan fingerprint density at radius 2 is 1.90 bits per heavy atom. The molecule has 2 aromatic heterocycles. The molecule has 0 unspecified atom stereocenters. The van der Waals surface area contributed by atoms with Gasteiger partial charge in [-0.1, -0.05) is 30.3 Å². The van der Waals surface area contributed by atoms with Crippen LogP contribution in [0.15, 0.2) is 43.0 Å². The largest absolute Gasteiger partial charge is 0.368 e. The van der Waals surface area contributed by atoms with Gasteiger partial charge in [-0.15, -0.1) is 0 Å². The number of nitrogens with zero attached hydrogens (tertiary/aromatic N) is 3. The van der Waals surface area contributed by atoms with Gasteiger partial charge in [-0.25, -0.2) is 15.0 Å². The molecule has 3 rings (SSSR count). The van der Waals surface area contributed by atoms with Crippen molar-refractivity contribution in [1.82, 2.24) is 19.9 Å². The number of rotatable bonds is 6. The van der Waals surface area contributed by atoms with Gasteiger partial charge < -0.3 is 10.3 Å². The van der Waals surface area contributed by atoms with Crippen LogP contribution in [0.3, 0.4) is 0 Å². The number of aromatic nitrogens is 4. The Morgan fingerprint density at radius 1 is 1.00 bits per heavy atom. The van der Waals surface area contributed by atoms with Crippen LogP contribution in [-0.4, -0.2) is 26.5 Å². The first kappa shape index (κ1) is 12.6. The molecular formula is C15H17N5. The Bertz CT molecular complexity index is 662. The van der Waals surface area contributed by atoms with Crippen LogP contribution in [-0.2, 0) is 6.42 Å². The van der Waals surface area contributed by atoms with Gasteiger partial charge in [0, 0.05) is 6.54 Å². The van der Waals surface area contributed by atoms with Crippen LogP contribution in [0.1, 0.15) is 18.4 Å². The highest BCUT2D eigenvalue weighted by atomic mass is 15.1. The number of H-pyrrole nitrogens is 1. The second-order valence-electron chi connectivity index (χ2n) is 4.69. The van der Waals surface area contributed by atoms with E-state index in [4.69, 9.17) is 0 Å². The zero-order valence-electron chi connectivity index (χ0n) is 11.2. The van der Waals surface area contributed by atoms with Gasteiger partial charge in [0.2, 0.25) is 0 Å². The molecule has 102 valence electrons. The van der Waals surface area contributed by atoms with Gasteiger partial charge in [0.25, 0.3) is 0 Å². The highest BCUT2D eigenvalue weighted by molar-refractivity contribution is 5.81. The van der Waals surface area contributed by atoms with E-state index in [2.05, 4.69) is 55.6 Å². The second-order valence-corrected chi connectivity index (χ2v) is 4.69. The molecule has 0 fully saturated rings. The lowest BCUT2D eigenvalue weighted by Crippen LogP contribution is -2.04. The Kier molecular flexibility index (Phi) is 3.87. The molecule has 3 aromatic rings. The first-order chi connectivity index (χ1) is 9.93. The fraction of sp³-hybridized carbons (Fsp3) is 0.267. The number of anilines is 1. The van der Waals surface area contributed by atoms with Gasteiger partial charge in [-0.05, 0) is 24.8 Å². The van der Waals surface area contributed by atoms with Crippen molar-refractivity contribution >= 4 is 17.0 Å². The highest BCUT2D eigenvalue weighted by Crippen LogP contribution is 2.14. The number of aryl methyl sites for hydroxylation is 1. The normalized spacial score (nSPS) is 10.8. The van der Waals surface area contributed by atoms with Gasteiger partial charge in [0.15, 0.2) is 11.5 Å². The summed E-state index contributed by atoms with van der Waals surface area (Å²) in [6.45, 7) is 0.901. The Labute approximate surface area is 117 Å². The second kappa shape index (κ2) is 6.14. The maximum absolute atomic E-state index is 4.24. The van der Waals surface area contributed by atoms with Crippen molar-refractivity contribution in [3.63, 3.8) is 0 Å². The zero-order chi connectivity index (χ0) is 13.6. The van der Waals surface area contributed by atoms with Crippen LogP contribution in [0.5, 0.6) is 0 Å². The van der Waals surface area contributed by atoms with E-state index in [-0.39, 0.29) is 0 Å². The summed E-state index contributed by atoms with van der Waals surface area (Å²) in [7, 11) is 0. The average molecular weight is 267 g/mol. The monoisotopic (exact) mass is 267 g/mol. The van der Waals surface area contributed by atoms with Gasteiger partial charge in [-0.3, -0.25) is 0 Å². The van der Waals surface area contributed by atoms with Gasteiger partial charge >= 0.3 is 0 Å². The summed E-state index contributed by atoms with van der Waals surface area (Å²) in [5.74, 6) is 0.826. The van der Waals surface area contributed by atoms with Crippen molar-refractivity contribution in [3.8, 4) is 0 Å². The van der Waals surface area contributed by atoms with E-state index in [0.717, 1.165) is 37.1 Å². The van der Waals surface area contributed by atoms with E-state index in [1.807, 2.05) is 0 Å². The molecule has 20 heavy (non-hydrogen) atoms. The van der Waals surface area contributed by atoms with Crippen LogP contribution in [0.25, 0.3) is 11.2 Å². The lowest BCUT2D eigenvalue weighted by molar-refractivity contribution is 0.762. The molecule has 0 bridgehead atoms. The van der Waals surface area contributed by atoms with Crippen molar-refractivity contribution < 1.29 is 0 Å². The van der Waals surface area contributed by atoms with E-state index in [0.29, 0.717) is 5.65 Å². The van der Waals surface area contributed by atoms with Crippen molar-refractivity contribution in [2.75, 3.05) is 11.9 Å². The average Bonchev–Trinajstić information content (AvgIpc) is 2.97. The predicted molar refractivity (Wildman–Crippen MR) is 79.6 cm³/mol. The van der Waals surface area contributed by atoms with Gasteiger partial charge in [0.1, 0.15) is 11.8 Å². The number of imidazole rings is 1. The molecule has 0 aliphatic rings. The van der Waals surface area contributed by atoms with E-state index < -0.39 is 0 Å². The van der Waals surface area contributed by atoms with Crippen molar-refractivity contribution in [2.24, 2.45) is 0 Å². The van der Waals surface area contributed by atoms with Crippen molar-refractivity contribution in [3.05, 3.63) is 48.5 Å². The summed E-state index contributed by atoms with van der Waals surface area (Å²) in [6.07, 6.45) is 6.56. The third kappa shape index (κ3) is 2.93. The number of benzene rings is 1. The van der Waals surface area contributed by atoms with E-state index >= 15 is 0 Å². The maximum atomic E-state index is 4.24. The van der Waals surface area contributed by atoms with E-state index in [1.165, 1.54) is 11.9 Å². The number of fused-ring (bicyclic) bond motifs is 1. The fourth-order valence-corrected chi connectivity index (χ4v) is 2.20. The summed E-state index contributed by atoms with van der Waals surface area (Å²) in [5, 5.41) is 3.34. The molecule has 5 heteroatoms. The third-order valence-corrected chi connectivity index (χ3v) is 3.25. The van der Waals surface area contributed by atoms with Crippen LogP contribution in [0, 0.1) is 0 Å². The SMILES string of the molecule is c1ccc(CCCCNc2ncnc3nc[nH]c23)cc1. The number of hydrogen-bond donors (Lipinski definition) is 2. The van der Waals surface area contributed by atoms with Gasteiger partial charge in [0.05, 0.1) is 6.33 Å². The molecule has 0 atom stereocenters. The molecular weight excluding hydrogens is 250 g/mol. The molecule has 0 spiro atoms. The van der Waals surface area contributed by atoms with Crippen molar-refractivity contribution in [2.45, 2.75) is 19.3 Å². The Hall–Kier alpha value is -2.43. The van der Waals surface area contributed by atoms with Crippen LogP contribution in [0.2, 0.25) is 0 Å². The first-order valence-electron chi connectivity index (χ1n) is 6.85. The summed E-state index contributed by atoms with van der Waals surface area (Å²) < 4.78 is 0. The summed E-state index contributed by atoms with van der Waals surface area (Å²) in [5.41, 5.74) is 2.97. The van der Waals surface area contributed by atoms with Gasteiger partial charge in [-0.2, -0.15) is 0 Å². The summed E-state index contributed by atoms with van der Waals surface area (Å²) in [6, 6.07) is 10.6. The molecule has 0 saturated carbocycles. The van der Waals surface area contributed by atoms with E-state index in [9.17, 15) is 0 Å². The standard InChI is InChI=1S/C15H17N5/c1-2-6-12(7-3-1)8-4-5-9-16-14-13-15(18-10-17-13)20-11-19-14/h1-3,6-7,10-11H,4-5,8-9H2,(H2,16,17,18,19,20). The number of nitrogens with one attached hydrogen (secondary N) is 2. The molecule has 0 aliphatic carbocycles. The Balaban J connectivity index is 1.47. The van der Waals surface area contributed by atoms with Crippen LogP contribution in [0.4, 0.5) is 5.82 Å². The summed E-state index contributed by atoms with van der Waals surface area (Å²) in [4.78, 5) is 15.5. The van der Waals surface area contributed by atoms with Crippen molar-refractivity contribution in [1.29, 1.82) is 0 Å². The number of aromatic amines is 1. The minimum Gasteiger partial charge on any atom is -0.368 e. The number of hydrogen-bond acceptors (Lipinski definition) is 4. The zero-order valence-corrected chi connectivity index (χ0v) is 11.2. The molecule has 1 aromatic carbocycles. The highest BCUT2D eigenvalue weighted by Gasteiger charge is 2.04. The van der Waals surface area contributed by atoms with Crippen LogP contribution < -0.4 is 5.32 Å². The molecule has 0 radical (unpaired) electrons. The minimum atomic E-state index is 0.701. The molecule has 2 heterocycles. The molecule has 5 nitrogen and oxygen atoms in total. The lowest BCUT2D eigenvalue weighted by atomic mass is 10.1. The maximum Gasteiger partial charge on any atom is 0.182 e. The topological polar surface area (TPSA) is 66.5 Å².